The van der Waals surface area contributed by atoms with Crippen molar-refractivity contribution in [1.29, 1.82) is 0 Å². The molecular formula is C14H21NO4. The number of hydrogen-bond donors (Lipinski definition) is 1. The molecule has 1 amide bonds. The highest BCUT2D eigenvalue weighted by Gasteiger charge is 2.06. The minimum absolute atomic E-state index is 0.0168. The highest BCUT2D eigenvalue weighted by molar-refractivity contribution is 5.77. The Labute approximate surface area is 113 Å². The number of nitrogens with one attached hydrogen (secondary N) is 1. The quantitative estimate of drug-likeness (QED) is 0.691. The fraction of sp³-hybridized carbons (Fsp3) is 0.500. The van der Waals surface area contributed by atoms with Gasteiger partial charge in [0, 0.05) is 20.3 Å². The Morgan fingerprint density at radius 3 is 2.53 bits per heavy atom. The summed E-state index contributed by atoms with van der Waals surface area (Å²) in [7, 11) is 1.63. The molecule has 0 bridgehead atoms. The van der Waals surface area contributed by atoms with Crippen LogP contribution in [-0.2, 0) is 9.53 Å². The van der Waals surface area contributed by atoms with Crippen molar-refractivity contribution in [3.63, 3.8) is 0 Å². The van der Waals surface area contributed by atoms with Crippen molar-refractivity contribution in [3.05, 3.63) is 24.3 Å². The van der Waals surface area contributed by atoms with Crippen molar-refractivity contribution in [3.8, 4) is 11.5 Å². The zero-order valence-electron chi connectivity index (χ0n) is 11.5. The van der Waals surface area contributed by atoms with Gasteiger partial charge in [-0.25, -0.2) is 0 Å². The van der Waals surface area contributed by atoms with E-state index >= 15 is 0 Å². The van der Waals surface area contributed by atoms with Crippen LogP contribution in [0, 0.1) is 0 Å². The summed E-state index contributed by atoms with van der Waals surface area (Å²) in [4.78, 5) is 11.5. The lowest BCUT2D eigenvalue weighted by Crippen LogP contribution is -2.30. The lowest BCUT2D eigenvalue weighted by molar-refractivity contribution is -0.123. The molecule has 1 rings (SSSR count). The smallest absolute Gasteiger partial charge is 0.257 e. The standard InChI is InChI=1S/C14H21NO4/c1-3-18-12-7-4-5-8-13(12)19-11-14(16)15-9-6-10-17-2/h4-5,7-8H,3,6,9-11H2,1-2H3,(H,15,16). The van der Waals surface area contributed by atoms with E-state index < -0.39 is 0 Å². The van der Waals surface area contributed by atoms with Gasteiger partial charge in [0.15, 0.2) is 18.1 Å². The average Bonchev–Trinajstić information content (AvgIpc) is 2.43. The molecule has 0 aliphatic heterocycles. The van der Waals surface area contributed by atoms with Crippen LogP contribution in [0.3, 0.4) is 0 Å². The highest BCUT2D eigenvalue weighted by Crippen LogP contribution is 2.26. The first-order valence-corrected chi connectivity index (χ1v) is 6.38. The maximum atomic E-state index is 11.5. The fourth-order valence-electron chi connectivity index (χ4n) is 1.48. The van der Waals surface area contributed by atoms with E-state index in [4.69, 9.17) is 14.2 Å². The van der Waals surface area contributed by atoms with E-state index in [1.54, 1.807) is 13.2 Å². The first kappa shape index (κ1) is 15.3. The van der Waals surface area contributed by atoms with E-state index in [0.29, 0.717) is 31.3 Å². The van der Waals surface area contributed by atoms with Gasteiger partial charge in [-0.15, -0.1) is 0 Å². The van der Waals surface area contributed by atoms with Crippen molar-refractivity contribution >= 4 is 5.91 Å². The zero-order chi connectivity index (χ0) is 13.9. The van der Waals surface area contributed by atoms with Crippen LogP contribution < -0.4 is 14.8 Å². The van der Waals surface area contributed by atoms with E-state index in [0.717, 1.165) is 6.42 Å². The Kier molecular flexibility index (Phi) is 7.43. The molecule has 0 aliphatic rings. The van der Waals surface area contributed by atoms with Crippen LogP contribution in [-0.4, -0.2) is 39.4 Å². The average molecular weight is 267 g/mol. The van der Waals surface area contributed by atoms with Gasteiger partial charge in [-0.2, -0.15) is 0 Å². The third kappa shape index (κ3) is 6.10. The van der Waals surface area contributed by atoms with Gasteiger partial charge < -0.3 is 19.5 Å². The molecular weight excluding hydrogens is 246 g/mol. The second kappa shape index (κ2) is 9.22. The first-order valence-electron chi connectivity index (χ1n) is 6.38. The van der Waals surface area contributed by atoms with Crippen LogP contribution in [0.2, 0.25) is 0 Å². The fourth-order valence-corrected chi connectivity index (χ4v) is 1.48. The molecule has 0 heterocycles. The first-order chi connectivity index (χ1) is 9.27. The maximum Gasteiger partial charge on any atom is 0.257 e. The Morgan fingerprint density at radius 2 is 1.89 bits per heavy atom. The number of benzene rings is 1. The summed E-state index contributed by atoms with van der Waals surface area (Å²) in [6.45, 7) is 3.66. The summed E-state index contributed by atoms with van der Waals surface area (Å²) in [6, 6.07) is 7.30. The molecule has 0 radical (unpaired) electrons. The molecule has 0 fully saturated rings. The van der Waals surface area contributed by atoms with Gasteiger partial charge >= 0.3 is 0 Å². The van der Waals surface area contributed by atoms with E-state index in [2.05, 4.69) is 5.32 Å². The van der Waals surface area contributed by atoms with Crippen LogP contribution in [0.15, 0.2) is 24.3 Å². The second-order valence-electron chi connectivity index (χ2n) is 3.86. The number of hydrogen-bond acceptors (Lipinski definition) is 4. The number of amides is 1. The third-order valence-corrected chi connectivity index (χ3v) is 2.36. The van der Waals surface area contributed by atoms with E-state index in [9.17, 15) is 4.79 Å². The lowest BCUT2D eigenvalue weighted by Gasteiger charge is -2.11. The molecule has 19 heavy (non-hydrogen) atoms. The summed E-state index contributed by atoms with van der Waals surface area (Å²) >= 11 is 0. The van der Waals surface area contributed by atoms with E-state index in [1.165, 1.54) is 0 Å². The molecule has 0 aromatic heterocycles. The summed E-state index contributed by atoms with van der Waals surface area (Å²) in [5.74, 6) is 1.08. The summed E-state index contributed by atoms with van der Waals surface area (Å²) in [5, 5.41) is 2.75. The number of para-hydroxylation sites is 2. The minimum Gasteiger partial charge on any atom is -0.490 e. The monoisotopic (exact) mass is 267 g/mol. The molecule has 0 atom stereocenters. The number of carbonyl (C=O) groups excluding carboxylic acids is 1. The van der Waals surface area contributed by atoms with Crippen LogP contribution in [0.1, 0.15) is 13.3 Å². The molecule has 0 saturated heterocycles. The largest absolute Gasteiger partial charge is 0.490 e. The van der Waals surface area contributed by atoms with Gasteiger partial charge in [0.25, 0.3) is 5.91 Å². The van der Waals surface area contributed by atoms with Crippen molar-refractivity contribution in [2.45, 2.75) is 13.3 Å². The molecule has 5 nitrogen and oxygen atoms in total. The Hall–Kier alpha value is -1.75. The third-order valence-electron chi connectivity index (χ3n) is 2.36. The normalized spacial score (nSPS) is 10.0. The van der Waals surface area contributed by atoms with Crippen LogP contribution in [0.5, 0.6) is 11.5 Å². The predicted octanol–water partition coefficient (Wildman–Crippen LogP) is 1.62. The molecule has 106 valence electrons. The highest BCUT2D eigenvalue weighted by atomic mass is 16.5. The summed E-state index contributed by atoms with van der Waals surface area (Å²) < 4.78 is 15.7. The van der Waals surface area contributed by atoms with Gasteiger partial charge in [0.05, 0.1) is 6.61 Å². The molecule has 0 aliphatic carbocycles. The molecule has 1 aromatic carbocycles. The second-order valence-corrected chi connectivity index (χ2v) is 3.86. The van der Waals surface area contributed by atoms with Crippen LogP contribution in [0.25, 0.3) is 0 Å². The van der Waals surface area contributed by atoms with Gasteiger partial charge in [0.1, 0.15) is 0 Å². The molecule has 5 heteroatoms. The van der Waals surface area contributed by atoms with Crippen molar-refractivity contribution in [1.82, 2.24) is 5.32 Å². The van der Waals surface area contributed by atoms with E-state index in [1.807, 2.05) is 25.1 Å². The number of rotatable bonds is 9. The Balaban J connectivity index is 2.33. The molecule has 0 spiro atoms. The van der Waals surface area contributed by atoms with Gasteiger partial charge in [-0.3, -0.25) is 4.79 Å². The predicted molar refractivity (Wildman–Crippen MR) is 72.6 cm³/mol. The van der Waals surface area contributed by atoms with Crippen molar-refractivity contribution < 1.29 is 19.0 Å². The zero-order valence-corrected chi connectivity index (χ0v) is 11.5. The lowest BCUT2D eigenvalue weighted by atomic mass is 10.3. The molecule has 0 saturated carbocycles. The number of ether oxygens (including phenoxy) is 3. The van der Waals surface area contributed by atoms with E-state index in [-0.39, 0.29) is 12.5 Å². The maximum absolute atomic E-state index is 11.5. The molecule has 1 N–H and O–H groups in total. The topological polar surface area (TPSA) is 56.8 Å². The minimum atomic E-state index is -0.151. The molecule has 0 unspecified atom stereocenters. The van der Waals surface area contributed by atoms with Gasteiger partial charge in [-0.05, 0) is 25.5 Å². The Bertz CT molecular complexity index is 381. The Morgan fingerprint density at radius 1 is 1.21 bits per heavy atom. The van der Waals surface area contributed by atoms with Gasteiger partial charge in [-0.1, -0.05) is 12.1 Å². The van der Waals surface area contributed by atoms with Crippen molar-refractivity contribution in [2.75, 3.05) is 33.5 Å². The summed E-state index contributed by atoms with van der Waals surface area (Å²) in [6.07, 6.45) is 0.789. The van der Waals surface area contributed by atoms with Gasteiger partial charge in [0.2, 0.25) is 0 Å². The molecule has 1 aromatic rings. The number of carbonyl (C=O) groups is 1. The van der Waals surface area contributed by atoms with Crippen LogP contribution >= 0.6 is 0 Å². The summed E-state index contributed by atoms with van der Waals surface area (Å²) in [5.41, 5.74) is 0. The SMILES string of the molecule is CCOc1ccccc1OCC(=O)NCCCOC. The number of methoxy groups -OCH3 is 1. The van der Waals surface area contributed by atoms with Crippen LogP contribution in [0.4, 0.5) is 0 Å². The van der Waals surface area contributed by atoms with Crippen molar-refractivity contribution in [2.24, 2.45) is 0 Å².